The van der Waals surface area contributed by atoms with Gasteiger partial charge >= 0.3 is 5.69 Å². The molecule has 8 nitrogen and oxygen atoms in total. The van der Waals surface area contributed by atoms with Crippen LogP contribution in [0, 0.1) is 5.92 Å². The molecule has 1 aliphatic heterocycles. The van der Waals surface area contributed by atoms with Crippen LogP contribution < -0.4 is 21.1 Å². The molecule has 0 aliphatic carbocycles. The number of hydrogen-bond acceptors (Lipinski definition) is 6. The number of imidazole rings is 1. The van der Waals surface area contributed by atoms with E-state index >= 15 is 0 Å². The first kappa shape index (κ1) is 18.0. The number of anilines is 1. The number of nitrogens with zero attached hydrogens (tertiary/aromatic N) is 3. The summed E-state index contributed by atoms with van der Waals surface area (Å²) in [6, 6.07) is 5.74. The summed E-state index contributed by atoms with van der Waals surface area (Å²) in [5, 5.41) is 6.63. The van der Waals surface area contributed by atoms with E-state index in [1.807, 2.05) is 18.2 Å². The Kier molecular flexibility index (Phi) is 5.13. The number of fused-ring (bicyclic) bond motifs is 1. The van der Waals surface area contributed by atoms with Gasteiger partial charge in [0.2, 0.25) is 5.95 Å². The second-order valence-electron chi connectivity index (χ2n) is 6.64. The summed E-state index contributed by atoms with van der Waals surface area (Å²) in [5.74, 6) is 1.82. The quantitative estimate of drug-likeness (QED) is 0.550. The van der Waals surface area contributed by atoms with Crippen molar-refractivity contribution in [2.45, 2.75) is 13.0 Å². The van der Waals surface area contributed by atoms with Crippen LogP contribution in [0.4, 0.5) is 5.95 Å². The first-order valence-corrected chi connectivity index (χ1v) is 9.66. The molecule has 142 valence electrons. The van der Waals surface area contributed by atoms with Gasteiger partial charge in [0.25, 0.3) is 0 Å². The van der Waals surface area contributed by atoms with E-state index in [4.69, 9.17) is 4.74 Å². The first-order chi connectivity index (χ1) is 13.1. The Morgan fingerprint density at radius 3 is 3.11 bits per heavy atom. The molecule has 4 rings (SSSR count). The molecule has 1 fully saturated rings. The predicted molar refractivity (Wildman–Crippen MR) is 107 cm³/mol. The van der Waals surface area contributed by atoms with E-state index in [0.717, 1.165) is 36.1 Å². The zero-order valence-electron chi connectivity index (χ0n) is 15.0. The Balaban J connectivity index is 1.62. The molecule has 2 aromatic heterocycles. The molecule has 0 bridgehead atoms. The normalized spacial score (nSPS) is 16.7. The largest absolute Gasteiger partial charge is 0.496 e. The molecule has 3 heterocycles. The average Bonchev–Trinajstić information content (AvgIpc) is 3.29. The Hall–Kier alpha value is -2.39. The Morgan fingerprint density at radius 1 is 1.44 bits per heavy atom. The van der Waals surface area contributed by atoms with Crippen LogP contribution in [-0.4, -0.2) is 46.3 Å². The molecule has 27 heavy (non-hydrogen) atoms. The molecule has 0 amide bonds. The van der Waals surface area contributed by atoms with E-state index in [1.54, 1.807) is 17.9 Å². The molecule has 0 spiro atoms. The number of H-pyrrole nitrogens is 1. The Morgan fingerprint density at radius 2 is 2.33 bits per heavy atom. The van der Waals surface area contributed by atoms with Crippen LogP contribution in [0.2, 0.25) is 0 Å². The lowest BCUT2D eigenvalue weighted by atomic mass is 10.1. The fourth-order valence-electron chi connectivity index (χ4n) is 3.32. The van der Waals surface area contributed by atoms with Gasteiger partial charge in [-0.1, -0.05) is 22.0 Å². The van der Waals surface area contributed by atoms with E-state index < -0.39 is 0 Å². The fourth-order valence-corrected chi connectivity index (χ4v) is 3.66. The van der Waals surface area contributed by atoms with Gasteiger partial charge in [-0.3, -0.25) is 4.57 Å². The van der Waals surface area contributed by atoms with Gasteiger partial charge < -0.3 is 20.4 Å². The Labute approximate surface area is 164 Å². The van der Waals surface area contributed by atoms with Gasteiger partial charge in [-0.25, -0.2) is 9.78 Å². The third-order valence-electron chi connectivity index (χ3n) is 4.80. The third-order valence-corrected chi connectivity index (χ3v) is 5.29. The minimum absolute atomic E-state index is 0.221. The smallest absolute Gasteiger partial charge is 0.328 e. The average molecular weight is 433 g/mol. The number of rotatable bonds is 6. The van der Waals surface area contributed by atoms with Crippen molar-refractivity contribution >= 4 is 33.0 Å². The molecular formula is C18H21BrN6O2. The monoisotopic (exact) mass is 432 g/mol. The summed E-state index contributed by atoms with van der Waals surface area (Å²) < 4.78 is 7.96. The van der Waals surface area contributed by atoms with Crippen LogP contribution >= 0.6 is 15.9 Å². The van der Waals surface area contributed by atoms with Crippen LogP contribution in [0.15, 0.2) is 33.7 Å². The molecule has 1 aliphatic rings. The lowest BCUT2D eigenvalue weighted by molar-refractivity contribution is 0.408. The van der Waals surface area contributed by atoms with Gasteiger partial charge in [0, 0.05) is 16.6 Å². The topological polar surface area (TPSA) is 96.9 Å². The predicted octanol–water partition coefficient (Wildman–Crippen LogP) is 1.96. The summed E-state index contributed by atoms with van der Waals surface area (Å²) in [6.07, 6.45) is 2.79. The van der Waals surface area contributed by atoms with Crippen LogP contribution in [0.1, 0.15) is 12.0 Å². The number of aromatic amines is 1. The number of methoxy groups -OCH3 is 1. The summed E-state index contributed by atoms with van der Waals surface area (Å²) in [5.41, 5.74) is 1.87. The van der Waals surface area contributed by atoms with Crippen molar-refractivity contribution in [2.24, 2.45) is 5.92 Å². The van der Waals surface area contributed by atoms with Crippen molar-refractivity contribution in [3.8, 4) is 5.75 Å². The van der Waals surface area contributed by atoms with Crippen molar-refractivity contribution in [2.75, 3.05) is 32.1 Å². The highest BCUT2D eigenvalue weighted by atomic mass is 79.9. The summed E-state index contributed by atoms with van der Waals surface area (Å²) in [4.78, 5) is 24.1. The number of ether oxygens (including phenoxy) is 1. The van der Waals surface area contributed by atoms with Gasteiger partial charge in [-0.15, -0.1) is 0 Å². The standard InChI is InChI=1S/C18H21BrN6O2/c1-27-15-6-13(19)3-2-12(15)10-25-16-14(23-18(25)26)9-22-17(24-16)21-8-11-4-5-20-7-11/h2-3,6,9,11,20H,4-5,7-8,10H2,1H3,(H,23,26)(H,21,22,24)/t11-/m1/s1. The van der Waals surface area contributed by atoms with Crippen molar-refractivity contribution in [1.82, 2.24) is 24.8 Å². The molecular weight excluding hydrogens is 412 g/mol. The SMILES string of the molecule is COc1cc(Br)ccc1Cn1c(=O)[nH]c2cnc(NC[C@@H]3CCNC3)nc21. The number of hydrogen-bond donors (Lipinski definition) is 3. The first-order valence-electron chi connectivity index (χ1n) is 8.86. The van der Waals surface area contributed by atoms with Gasteiger partial charge in [0.05, 0.1) is 19.9 Å². The van der Waals surface area contributed by atoms with E-state index in [1.165, 1.54) is 0 Å². The maximum Gasteiger partial charge on any atom is 0.328 e. The number of aromatic nitrogens is 4. The third kappa shape index (κ3) is 3.84. The van der Waals surface area contributed by atoms with Crippen molar-refractivity contribution < 1.29 is 4.74 Å². The van der Waals surface area contributed by atoms with Crippen LogP contribution in [0.25, 0.3) is 11.2 Å². The highest BCUT2D eigenvalue weighted by molar-refractivity contribution is 9.10. The highest BCUT2D eigenvalue weighted by Gasteiger charge is 2.16. The maximum atomic E-state index is 12.4. The second kappa shape index (κ2) is 7.69. The molecule has 9 heteroatoms. The highest BCUT2D eigenvalue weighted by Crippen LogP contribution is 2.24. The van der Waals surface area contributed by atoms with Gasteiger partial charge in [-0.2, -0.15) is 4.98 Å². The van der Waals surface area contributed by atoms with E-state index in [2.05, 4.69) is 41.5 Å². The van der Waals surface area contributed by atoms with Crippen molar-refractivity contribution in [1.29, 1.82) is 0 Å². The molecule has 0 saturated carbocycles. The maximum absolute atomic E-state index is 12.4. The zero-order chi connectivity index (χ0) is 18.8. The molecule has 3 N–H and O–H groups in total. The summed E-state index contributed by atoms with van der Waals surface area (Å²) in [6.45, 7) is 3.23. The molecule has 0 unspecified atom stereocenters. The fraction of sp³-hybridized carbons (Fsp3) is 0.389. The van der Waals surface area contributed by atoms with Crippen LogP contribution in [0.3, 0.4) is 0 Å². The lowest BCUT2D eigenvalue weighted by Gasteiger charge is -2.11. The second-order valence-corrected chi connectivity index (χ2v) is 7.56. The number of nitrogens with one attached hydrogen (secondary N) is 3. The van der Waals surface area contributed by atoms with Gasteiger partial charge in [0.15, 0.2) is 5.65 Å². The minimum atomic E-state index is -0.221. The van der Waals surface area contributed by atoms with Crippen molar-refractivity contribution in [3.63, 3.8) is 0 Å². The van der Waals surface area contributed by atoms with Crippen molar-refractivity contribution in [3.05, 3.63) is 44.9 Å². The number of benzene rings is 1. The molecule has 3 aromatic rings. The molecule has 1 atom stereocenters. The lowest BCUT2D eigenvalue weighted by Crippen LogP contribution is -2.19. The van der Waals surface area contributed by atoms with Gasteiger partial charge in [0.1, 0.15) is 11.3 Å². The van der Waals surface area contributed by atoms with Crippen LogP contribution in [0.5, 0.6) is 5.75 Å². The van der Waals surface area contributed by atoms with E-state index in [9.17, 15) is 4.79 Å². The Bertz CT molecular complexity index is 1010. The van der Waals surface area contributed by atoms with Gasteiger partial charge in [-0.05, 0) is 37.6 Å². The molecule has 1 aromatic carbocycles. The summed E-state index contributed by atoms with van der Waals surface area (Å²) >= 11 is 3.44. The number of halogens is 1. The van der Waals surface area contributed by atoms with E-state index in [0.29, 0.717) is 35.3 Å². The molecule has 0 radical (unpaired) electrons. The van der Waals surface area contributed by atoms with Crippen LogP contribution in [-0.2, 0) is 6.54 Å². The minimum Gasteiger partial charge on any atom is -0.496 e. The summed E-state index contributed by atoms with van der Waals surface area (Å²) in [7, 11) is 1.62. The molecule has 1 saturated heterocycles. The zero-order valence-corrected chi connectivity index (χ0v) is 16.5. The van der Waals surface area contributed by atoms with E-state index in [-0.39, 0.29) is 5.69 Å².